The Morgan fingerprint density at radius 2 is 2.03 bits per heavy atom. The van der Waals surface area contributed by atoms with Crippen molar-refractivity contribution in [2.24, 2.45) is 0 Å². The number of aromatic nitrogens is 2. The van der Waals surface area contributed by atoms with Gasteiger partial charge in [0.25, 0.3) is 5.89 Å². The molecule has 0 spiro atoms. The first-order valence-corrected chi connectivity index (χ1v) is 9.15. The van der Waals surface area contributed by atoms with E-state index in [9.17, 15) is 4.79 Å². The molecule has 1 aromatic heterocycles. The van der Waals surface area contributed by atoms with E-state index in [1.54, 1.807) is 24.3 Å². The molecule has 0 saturated heterocycles. The van der Waals surface area contributed by atoms with Crippen molar-refractivity contribution in [3.63, 3.8) is 0 Å². The van der Waals surface area contributed by atoms with Gasteiger partial charge in [-0.15, -0.1) is 0 Å². The molecular weight excluding hydrogens is 396 g/mol. The van der Waals surface area contributed by atoms with Crippen LogP contribution in [0.15, 0.2) is 53.1 Å². The van der Waals surface area contributed by atoms with Gasteiger partial charge in [-0.25, -0.2) is 4.79 Å². The topological polar surface area (TPSA) is 83.7 Å². The minimum atomic E-state index is -0.575. The van der Waals surface area contributed by atoms with E-state index in [0.29, 0.717) is 22.1 Å². The van der Waals surface area contributed by atoms with Crippen LogP contribution in [0.1, 0.15) is 18.3 Å². The van der Waals surface area contributed by atoms with Gasteiger partial charge in [0.15, 0.2) is 24.7 Å². The Morgan fingerprint density at radius 1 is 1.21 bits per heavy atom. The average Bonchev–Trinajstić information content (AvgIpc) is 3.20. The molecule has 150 valence electrons. The van der Waals surface area contributed by atoms with E-state index >= 15 is 0 Å². The lowest BCUT2D eigenvalue weighted by molar-refractivity contribution is -0.147. The molecule has 8 heteroatoms. The lowest BCUT2D eigenvalue weighted by Gasteiger charge is -2.10. The number of nitrogens with zero attached hydrogens (tertiary/aromatic N) is 2. The van der Waals surface area contributed by atoms with Gasteiger partial charge >= 0.3 is 5.97 Å². The molecule has 0 saturated carbocycles. The van der Waals surface area contributed by atoms with Crippen molar-refractivity contribution in [1.29, 1.82) is 0 Å². The molecule has 0 aliphatic carbocycles. The number of carbonyl (C=O) groups is 1. The molecule has 0 aliphatic rings. The molecule has 29 heavy (non-hydrogen) atoms. The average molecular weight is 415 g/mol. The summed E-state index contributed by atoms with van der Waals surface area (Å²) in [4.78, 5) is 16.2. The highest BCUT2D eigenvalue weighted by Crippen LogP contribution is 2.29. The molecule has 1 heterocycles. The van der Waals surface area contributed by atoms with Crippen molar-refractivity contribution in [1.82, 2.24) is 10.1 Å². The van der Waals surface area contributed by atoms with Crippen molar-refractivity contribution in [2.75, 3.05) is 13.7 Å². The summed E-state index contributed by atoms with van der Waals surface area (Å²) < 4.78 is 21.1. The molecule has 0 unspecified atom stereocenters. The van der Waals surface area contributed by atoms with Gasteiger partial charge in [-0.1, -0.05) is 47.1 Å². The quantitative estimate of drug-likeness (QED) is 0.500. The van der Waals surface area contributed by atoms with Crippen molar-refractivity contribution in [3.05, 3.63) is 65.0 Å². The second kappa shape index (κ2) is 9.75. The minimum Gasteiger partial charge on any atom is -0.493 e. The Labute approximate surface area is 172 Å². The molecule has 0 N–H and O–H groups in total. The first-order valence-electron chi connectivity index (χ1n) is 8.77. The fourth-order valence-electron chi connectivity index (χ4n) is 2.48. The van der Waals surface area contributed by atoms with Gasteiger partial charge in [-0.3, -0.25) is 0 Å². The largest absolute Gasteiger partial charge is 0.493 e. The SMILES string of the molecule is C/C=C/c1ccc(OCC(=O)OCc2noc(-c3ccccc3Cl)n2)c(OC)c1. The maximum Gasteiger partial charge on any atom is 0.344 e. The Kier molecular flexibility index (Phi) is 6.86. The smallest absolute Gasteiger partial charge is 0.344 e. The van der Waals surface area contributed by atoms with Gasteiger partial charge in [-0.05, 0) is 36.8 Å². The zero-order chi connectivity index (χ0) is 20.6. The van der Waals surface area contributed by atoms with E-state index in [1.165, 1.54) is 7.11 Å². The first kappa shape index (κ1) is 20.4. The number of allylic oxidation sites excluding steroid dienone is 1. The Morgan fingerprint density at radius 3 is 2.79 bits per heavy atom. The molecule has 3 rings (SSSR count). The zero-order valence-electron chi connectivity index (χ0n) is 15.9. The highest BCUT2D eigenvalue weighted by atomic mass is 35.5. The molecule has 7 nitrogen and oxygen atoms in total. The van der Waals surface area contributed by atoms with Crippen molar-refractivity contribution < 1.29 is 23.5 Å². The van der Waals surface area contributed by atoms with Crippen LogP contribution < -0.4 is 9.47 Å². The summed E-state index contributed by atoms with van der Waals surface area (Å²) in [5.41, 5.74) is 1.57. The first-order chi connectivity index (χ1) is 14.1. The fraction of sp³-hybridized carbons (Fsp3) is 0.190. The second-order valence-corrected chi connectivity index (χ2v) is 6.26. The van der Waals surface area contributed by atoms with Gasteiger partial charge in [0.05, 0.1) is 17.7 Å². The van der Waals surface area contributed by atoms with Crippen LogP contribution in [0.5, 0.6) is 11.5 Å². The van der Waals surface area contributed by atoms with E-state index in [1.807, 2.05) is 37.3 Å². The highest BCUT2D eigenvalue weighted by Gasteiger charge is 2.14. The number of hydrogen-bond donors (Lipinski definition) is 0. The third kappa shape index (κ3) is 5.36. The van der Waals surface area contributed by atoms with Gasteiger partial charge in [0, 0.05) is 0 Å². The Hall–Kier alpha value is -3.32. The molecule has 3 aromatic rings. The van der Waals surface area contributed by atoms with Gasteiger partial charge < -0.3 is 18.7 Å². The van der Waals surface area contributed by atoms with Crippen molar-refractivity contribution >= 4 is 23.6 Å². The summed E-state index contributed by atoms with van der Waals surface area (Å²) >= 11 is 6.10. The molecule has 0 atom stereocenters. The summed E-state index contributed by atoms with van der Waals surface area (Å²) in [6.07, 6.45) is 3.85. The van der Waals surface area contributed by atoms with Gasteiger partial charge in [-0.2, -0.15) is 4.98 Å². The summed E-state index contributed by atoms with van der Waals surface area (Å²) in [6.45, 7) is 1.50. The van der Waals surface area contributed by atoms with Crippen LogP contribution in [0.4, 0.5) is 0 Å². The lowest BCUT2D eigenvalue weighted by Crippen LogP contribution is -2.15. The van der Waals surface area contributed by atoms with Gasteiger partial charge in [0.2, 0.25) is 5.82 Å². The third-order valence-corrected chi connectivity index (χ3v) is 4.16. The van der Waals surface area contributed by atoms with Crippen molar-refractivity contribution in [3.8, 4) is 23.0 Å². The molecule has 2 aromatic carbocycles. The van der Waals surface area contributed by atoms with Crippen LogP contribution in [0, 0.1) is 0 Å². The number of hydrogen-bond acceptors (Lipinski definition) is 7. The standard InChI is InChI=1S/C21H19ClN2O5/c1-3-6-14-9-10-17(18(11-14)26-2)27-13-20(25)28-12-19-23-21(29-24-19)15-7-4-5-8-16(15)22/h3-11H,12-13H2,1-2H3/b6-3+. The van der Waals surface area contributed by atoms with Crippen molar-refractivity contribution in [2.45, 2.75) is 13.5 Å². The third-order valence-electron chi connectivity index (χ3n) is 3.83. The number of rotatable bonds is 8. The molecule has 0 aliphatic heterocycles. The Bertz CT molecular complexity index is 1020. The van der Waals surface area contributed by atoms with Gasteiger partial charge in [0.1, 0.15) is 0 Å². The highest BCUT2D eigenvalue weighted by molar-refractivity contribution is 6.33. The van der Waals surface area contributed by atoms with E-state index in [2.05, 4.69) is 10.1 Å². The summed E-state index contributed by atoms with van der Waals surface area (Å²) in [5, 5.41) is 4.28. The second-order valence-electron chi connectivity index (χ2n) is 5.86. The summed E-state index contributed by atoms with van der Waals surface area (Å²) in [6, 6.07) is 12.5. The number of carbonyl (C=O) groups excluding carboxylic acids is 1. The summed E-state index contributed by atoms with van der Waals surface area (Å²) in [7, 11) is 1.53. The number of benzene rings is 2. The predicted molar refractivity (Wildman–Crippen MR) is 108 cm³/mol. The Balaban J connectivity index is 1.54. The van der Waals surface area contributed by atoms with Crippen LogP contribution >= 0.6 is 11.6 Å². The monoisotopic (exact) mass is 414 g/mol. The molecule has 0 radical (unpaired) electrons. The van der Waals surface area contributed by atoms with Crippen LogP contribution in [-0.2, 0) is 16.1 Å². The van der Waals surface area contributed by atoms with Crippen LogP contribution in [0.2, 0.25) is 5.02 Å². The van der Waals surface area contributed by atoms with E-state index in [-0.39, 0.29) is 24.9 Å². The van der Waals surface area contributed by atoms with E-state index < -0.39 is 5.97 Å². The molecular formula is C21H19ClN2O5. The zero-order valence-corrected chi connectivity index (χ0v) is 16.7. The summed E-state index contributed by atoms with van der Waals surface area (Å²) in [5.74, 6) is 0.869. The van der Waals surface area contributed by atoms with E-state index in [0.717, 1.165) is 5.56 Å². The van der Waals surface area contributed by atoms with E-state index in [4.69, 9.17) is 30.3 Å². The number of methoxy groups -OCH3 is 1. The maximum absolute atomic E-state index is 12.0. The van der Waals surface area contributed by atoms with Crippen LogP contribution in [0.3, 0.4) is 0 Å². The number of halogens is 1. The number of ether oxygens (including phenoxy) is 3. The lowest BCUT2D eigenvalue weighted by atomic mass is 10.2. The van der Waals surface area contributed by atoms with Crippen LogP contribution in [0.25, 0.3) is 17.5 Å². The molecule has 0 amide bonds. The molecule has 0 bridgehead atoms. The predicted octanol–water partition coefficient (Wildman–Crippen LogP) is 4.55. The molecule has 0 fully saturated rings. The minimum absolute atomic E-state index is 0.145. The fourth-order valence-corrected chi connectivity index (χ4v) is 2.70. The normalized spacial score (nSPS) is 10.9. The number of esters is 1. The van der Waals surface area contributed by atoms with Crippen LogP contribution in [-0.4, -0.2) is 29.8 Å². The maximum atomic E-state index is 12.0.